The van der Waals surface area contributed by atoms with Crippen LogP contribution in [0.3, 0.4) is 0 Å². The number of nitriles is 1. The molecule has 2 N–H and O–H groups in total. The van der Waals surface area contributed by atoms with Crippen LogP contribution in [0.1, 0.15) is 5.56 Å². The number of para-hydroxylation sites is 1. The highest BCUT2D eigenvalue weighted by Crippen LogP contribution is 2.25. The van der Waals surface area contributed by atoms with Crippen LogP contribution in [0, 0.1) is 11.3 Å². The number of nitrogens with one attached hydrogen (secondary N) is 2. The van der Waals surface area contributed by atoms with Gasteiger partial charge in [0.1, 0.15) is 5.75 Å². The molecule has 0 aliphatic rings. The van der Waals surface area contributed by atoms with Crippen LogP contribution in [0.5, 0.6) is 5.75 Å². The number of anilines is 2. The maximum absolute atomic E-state index is 8.86. The topological polar surface area (TPSA) is 57.1 Å². The Morgan fingerprint density at radius 2 is 1.90 bits per heavy atom. The summed E-state index contributed by atoms with van der Waals surface area (Å²) in [6.45, 7) is 0. The number of ether oxygens (including phenoxy) is 1. The van der Waals surface area contributed by atoms with Crippen LogP contribution in [0.15, 0.2) is 48.5 Å². The molecule has 0 saturated carbocycles. The molecule has 0 aromatic heterocycles. The Morgan fingerprint density at radius 3 is 2.55 bits per heavy atom. The van der Waals surface area contributed by atoms with Crippen LogP contribution in [-0.2, 0) is 0 Å². The molecule has 100 valence electrons. The van der Waals surface area contributed by atoms with Gasteiger partial charge in [-0.1, -0.05) is 18.2 Å². The summed E-state index contributed by atoms with van der Waals surface area (Å²) in [5, 5.41) is 15.4. The molecule has 5 heteroatoms. The molecule has 0 heterocycles. The highest BCUT2D eigenvalue weighted by atomic mass is 32.1. The van der Waals surface area contributed by atoms with Gasteiger partial charge in [-0.05, 0) is 36.5 Å². The van der Waals surface area contributed by atoms with E-state index in [2.05, 4.69) is 16.7 Å². The molecule has 2 aromatic carbocycles. The number of methoxy groups -OCH3 is 1. The lowest BCUT2D eigenvalue weighted by atomic mass is 10.2. The Labute approximate surface area is 123 Å². The van der Waals surface area contributed by atoms with E-state index in [-0.39, 0.29) is 0 Å². The Bertz CT molecular complexity index is 650. The van der Waals surface area contributed by atoms with Gasteiger partial charge in [0.15, 0.2) is 5.11 Å². The van der Waals surface area contributed by atoms with E-state index >= 15 is 0 Å². The van der Waals surface area contributed by atoms with Crippen molar-refractivity contribution in [2.24, 2.45) is 0 Å². The molecular formula is C15H13N3OS. The highest BCUT2D eigenvalue weighted by molar-refractivity contribution is 7.80. The predicted octanol–water partition coefficient (Wildman–Crippen LogP) is 3.38. The minimum Gasteiger partial charge on any atom is -0.495 e. The Hall–Kier alpha value is -2.58. The van der Waals surface area contributed by atoms with Crippen molar-refractivity contribution in [3.63, 3.8) is 0 Å². The number of nitrogens with zero attached hydrogens (tertiary/aromatic N) is 1. The van der Waals surface area contributed by atoms with Gasteiger partial charge < -0.3 is 15.4 Å². The van der Waals surface area contributed by atoms with Crippen molar-refractivity contribution in [2.45, 2.75) is 0 Å². The maximum Gasteiger partial charge on any atom is 0.175 e. The summed E-state index contributed by atoms with van der Waals surface area (Å²) in [5.74, 6) is 0.571. The molecule has 0 aliphatic carbocycles. The second kappa shape index (κ2) is 6.55. The van der Waals surface area contributed by atoms with Crippen molar-refractivity contribution in [1.29, 1.82) is 5.26 Å². The third kappa shape index (κ3) is 3.46. The van der Waals surface area contributed by atoms with E-state index in [1.165, 1.54) is 0 Å². The van der Waals surface area contributed by atoms with E-state index in [1.54, 1.807) is 25.3 Å². The lowest BCUT2D eigenvalue weighted by molar-refractivity contribution is 0.417. The Kier molecular flexibility index (Phi) is 4.53. The first-order valence-corrected chi connectivity index (χ1v) is 6.35. The van der Waals surface area contributed by atoms with Gasteiger partial charge >= 0.3 is 0 Å². The van der Waals surface area contributed by atoms with E-state index in [1.807, 2.05) is 30.3 Å². The van der Waals surface area contributed by atoms with Crippen LogP contribution in [0.25, 0.3) is 0 Å². The second-order valence-corrected chi connectivity index (χ2v) is 4.38. The number of thiocarbonyl (C=S) groups is 1. The summed E-state index contributed by atoms with van der Waals surface area (Å²) in [7, 11) is 1.55. The van der Waals surface area contributed by atoms with Crippen molar-refractivity contribution in [3.8, 4) is 11.8 Å². The average Bonchev–Trinajstić information content (AvgIpc) is 2.48. The van der Waals surface area contributed by atoms with Gasteiger partial charge in [-0.25, -0.2) is 0 Å². The van der Waals surface area contributed by atoms with Crippen molar-refractivity contribution in [2.75, 3.05) is 17.7 Å². The normalized spacial score (nSPS) is 9.40. The third-order valence-corrected chi connectivity index (χ3v) is 2.81. The Balaban J connectivity index is 2.10. The fraction of sp³-hybridized carbons (Fsp3) is 0.0667. The quantitative estimate of drug-likeness (QED) is 0.846. The molecule has 0 radical (unpaired) electrons. The molecular weight excluding hydrogens is 270 g/mol. The first kappa shape index (κ1) is 13.8. The molecule has 0 aliphatic heterocycles. The zero-order valence-corrected chi connectivity index (χ0v) is 11.7. The van der Waals surface area contributed by atoms with Crippen LogP contribution in [-0.4, -0.2) is 12.2 Å². The van der Waals surface area contributed by atoms with E-state index in [4.69, 9.17) is 22.2 Å². The van der Waals surface area contributed by atoms with Gasteiger partial charge in [-0.3, -0.25) is 0 Å². The lowest BCUT2D eigenvalue weighted by Gasteiger charge is -2.13. The van der Waals surface area contributed by atoms with Crippen LogP contribution < -0.4 is 15.4 Å². The molecule has 0 fully saturated rings. The monoisotopic (exact) mass is 283 g/mol. The molecule has 4 nitrogen and oxygen atoms in total. The number of rotatable bonds is 3. The molecule has 2 aromatic rings. The van der Waals surface area contributed by atoms with Crippen LogP contribution >= 0.6 is 12.2 Å². The summed E-state index contributed by atoms with van der Waals surface area (Å²) in [6, 6.07) is 16.8. The van der Waals surface area contributed by atoms with Crippen molar-refractivity contribution < 1.29 is 4.74 Å². The molecule has 0 bridgehead atoms. The summed E-state index contributed by atoms with van der Waals surface area (Å²) in [6.07, 6.45) is 0. The number of hydrogen-bond donors (Lipinski definition) is 2. The number of hydrogen-bond acceptors (Lipinski definition) is 3. The minimum absolute atomic E-state index is 0.458. The summed E-state index contributed by atoms with van der Waals surface area (Å²) in [4.78, 5) is 0. The van der Waals surface area contributed by atoms with Crippen LogP contribution in [0.2, 0.25) is 0 Å². The molecule has 0 saturated heterocycles. The molecule has 20 heavy (non-hydrogen) atoms. The second-order valence-electron chi connectivity index (χ2n) is 3.97. The average molecular weight is 283 g/mol. The van der Waals surface area contributed by atoms with E-state index < -0.39 is 0 Å². The molecule has 0 spiro atoms. The largest absolute Gasteiger partial charge is 0.495 e. The smallest absolute Gasteiger partial charge is 0.175 e. The lowest BCUT2D eigenvalue weighted by Crippen LogP contribution is -2.19. The SMILES string of the molecule is COc1cc(C#N)ccc1NC(=S)Nc1ccccc1. The van der Waals surface area contributed by atoms with Gasteiger partial charge in [0, 0.05) is 11.8 Å². The fourth-order valence-electron chi connectivity index (χ4n) is 1.67. The van der Waals surface area contributed by atoms with Gasteiger partial charge in [0.05, 0.1) is 24.4 Å². The minimum atomic E-state index is 0.458. The zero-order chi connectivity index (χ0) is 14.4. The van der Waals surface area contributed by atoms with Crippen molar-refractivity contribution >= 4 is 28.7 Å². The van der Waals surface area contributed by atoms with E-state index in [9.17, 15) is 0 Å². The summed E-state index contributed by atoms with van der Waals surface area (Å²) >= 11 is 5.24. The maximum atomic E-state index is 8.86. The highest BCUT2D eigenvalue weighted by Gasteiger charge is 2.06. The first-order valence-electron chi connectivity index (χ1n) is 5.94. The predicted molar refractivity (Wildman–Crippen MR) is 84.0 cm³/mol. The van der Waals surface area contributed by atoms with Crippen molar-refractivity contribution in [1.82, 2.24) is 0 Å². The van der Waals surface area contributed by atoms with Crippen LogP contribution in [0.4, 0.5) is 11.4 Å². The molecule has 0 atom stereocenters. The summed E-state index contributed by atoms with van der Waals surface area (Å²) < 4.78 is 5.24. The molecule has 2 rings (SSSR count). The van der Waals surface area contributed by atoms with Gasteiger partial charge in [0.2, 0.25) is 0 Å². The standard InChI is InChI=1S/C15H13N3OS/c1-19-14-9-11(10-16)7-8-13(14)18-15(20)17-12-5-3-2-4-6-12/h2-9H,1H3,(H2,17,18,20). The van der Waals surface area contributed by atoms with E-state index in [0.717, 1.165) is 5.69 Å². The fourth-order valence-corrected chi connectivity index (χ4v) is 1.90. The number of benzene rings is 2. The van der Waals surface area contributed by atoms with Gasteiger partial charge in [-0.2, -0.15) is 5.26 Å². The molecule has 0 unspecified atom stereocenters. The van der Waals surface area contributed by atoms with E-state index in [0.29, 0.717) is 22.1 Å². The summed E-state index contributed by atoms with van der Waals surface area (Å²) in [5.41, 5.74) is 2.15. The third-order valence-electron chi connectivity index (χ3n) is 2.61. The van der Waals surface area contributed by atoms with Crippen molar-refractivity contribution in [3.05, 3.63) is 54.1 Å². The Morgan fingerprint density at radius 1 is 1.15 bits per heavy atom. The van der Waals surface area contributed by atoms with Gasteiger partial charge in [-0.15, -0.1) is 0 Å². The van der Waals surface area contributed by atoms with Gasteiger partial charge in [0.25, 0.3) is 0 Å². The molecule has 0 amide bonds. The first-order chi connectivity index (χ1) is 9.72. The zero-order valence-electron chi connectivity index (χ0n) is 10.9.